The van der Waals surface area contributed by atoms with Crippen molar-refractivity contribution in [3.05, 3.63) is 35.5 Å². The first-order valence-electron chi connectivity index (χ1n) is 8.94. The smallest absolute Gasteiger partial charge is 0.334 e. The maximum atomic E-state index is 12.4. The van der Waals surface area contributed by atoms with E-state index in [1.54, 1.807) is 32.9 Å². The van der Waals surface area contributed by atoms with Crippen molar-refractivity contribution in [1.29, 1.82) is 0 Å². The van der Waals surface area contributed by atoms with Crippen molar-refractivity contribution in [3.8, 4) is 0 Å². The number of carbonyl (C=O) groups excluding carboxylic acids is 2. The molecule has 0 aromatic rings. The number of hydrogen-bond donors (Lipinski definition) is 1. The lowest BCUT2D eigenvalue weighted by molar-refractivity contribution is -0.202. The molecule has 0 aromatic carbocycles. The van der Waals surface area contributed by atoms with Crippen LogP contribution in [-0.2, 0) is 23.8 Å². The average molecular weight is 362 g/mol. The third-order valence-corrected chi connectivity index (χ3v) is 5.75. The monoisotopic (exact) mass is 362 g/mol. The Balaban J connectivity index is 2.03. The summed E-state index contributed by atoms with van der Waals surface area (Å²) in [6, 6.07) is 0. The van der Waals surface area contributed by atoms with Gasteiger partial charge in [0, 0.05) is 24.0 Å². The highest BCUT2D eigenvalue weighted by Crippen LogP contribution is 2.47. The second-order valence-corrected chi connectivity index (χ2v) is 7.73. The van der Waals surface area contributed by atoms with Crippen LogP contribution in [0, 0.1) is 5.92 Å². The van der Waals surface area contributed by atoms with Gasteiger partial charge in [0.05, 0.1) is 11.5 Å². The van der Waals surface area contributed by atoms with Gasteiger partial charge in [-0.25, -0.2) is 9.59 Å². The van der Waals surface area contributed by atoms with Gasteiger partial charge in [-0.2, -0.15) is 0 Å². The highest BCUT2D eigenvalue weighted by Gasteiger charge is 2.54. The lowest BCUT2D eigenvalue weighted by Gasteiger charge is -2.33. The van der Waals surface area contributed by atoms with Gasteiger partial charge in [0.15, 0.2) is 5.79 Å². The number of rotatable bonds is 2. The number of fused-ring (bicyclic) bond motifs is 3. The van der Waals surface area contributed by atoms with Crippen LogP contribution < -0.4 is 0 Å². The molecule has 0 radical (unpaired) electrons. The topological polar surface area (TPSA) is 82.1 Å². The first-order valence-corrected chi connectivity index (χ1v) is 8.94. The lowest BCUT2D eigenvalue weighted by Crippen LogP contribution is -2.40. The summed E-state index contributed by atoms with van der Waals surface area (Å²) in [4.78, 5) is 24.5. The molecule has 142 valence electrons. The number of ether oxygens (including phenoxy) is 3. The molecule has 1 N–H and O–H groups in total. The van der Waals surface area contributed by atoms with E-state index in [2.05, 4.69) is 6.58 Å². The molecule has 6 nitrogen and oxygen atoms in total. The summed E-state index contributed by atoms with van der Waals surface area (Å²) >= 11 is 0. The molecule has 3 aliphatic heterocycles. The Hall–Kier alpha value is -1.92. The van der Waals surface area contributed by atoms with Gasteiger partial charge in [0.25, 0.3) is 0 Å². The molecule has 2 saturated heterocycles. The van der Waals surface area contributed by atoms with E-state index in [9.17, 15) is 14.7 Å². The number of allylic oxidation sites excluding steroid dienone is 1. The normalized spacial score (nSPS) is 42.1. The van der Waals surface area contributed by atoms with Gasteiger partial charge in [-0.05, 0) is 45.8 Å². The Labute approximate surface area is 153 Å². The van der Waals surface area contributed by atoms with Gasteiger partial charge < -0.3 is 19.3 Å². The minimum Gasteiger partial charge on any atom is -0.458 e. The van der Waals surface area contributed by atoms with Crippen molar-refractivity contribution in [1.82, 2.24) is 0 Å². The van der Waals surface area contributed by atoms with Gasteiger partial charge in [-0.3, -0.25) is 0 Å². The molecule has 3 heterocycles. The van der Waals surface area contributed by atoms with E-state index < -0.39 is 41.5 Å². The van der Waals surface area contributed by atoms with Crippen LogP contribution >= 0.6 is 0 Å². The zero-order valence-electron chi connectivity index (χ0n) is 15.7. The SMILES string of the molecule is C=C1C(=O)O[C@@H]2/C=C(/C)[C@]3(O)CC[C@@](C)(C[C@@H](OC(=O)/C(C)=C\C)[C@@H]12)O3. The van der Waals surface area contributed by atoms with E-state index in [0.717, 1.165) is 0 Å². The third kappa shape index (κ3) is 3.12. The Morgan fingerprint density at radius 1 is 1.46 bits per heavy atom. The van der Waals surface area contributed by atoms with Crippen LogP contribution in [0.15, 0.2) is 35.5 Å². The van der Waals surface area contributed by atoms with E-state index in [-0.39, 0.29) is 5.57 Å². The highest BCUT2D eigenvalue weighted by atomic mass is 16.6. The Kier molecular flexibility index (Phi) is 4.61. The first kappa shape index (κ1) is 18.9. The van der Waals surface area contributed by atoms with E-state index in [1.807, 2.05) is 6.92 Å². The molecular formula is C20H26O6. The van der Waals surface area contributed by atoms with Gasteiger partial charge in [-0.1, -0.05) is 12.7 Å². The van der Waals surface area contributed by atoms with Crippen LogP contribution in [0.4, 0.5) is 0 Å². The average Bonchev–Trinajstić information content (AvgIpc) is 3.03. The highest BCUT2D eigenvalue weighted by molar-refractivity contribution is 5.92. The van der Waals surface area contributed by atoms with E-state index in [1.165, 1.54) is 0 Å². The number of esters is 2. The van der Waals surface area contributed by atoms with Crippen molar-refractivity contribution in [3.63, 3.8) is 0 Å². The van der Waals surface area contributed by atoms with Crippen molar-refractivity contribution < 1.29 is 28.9 Å². The standard InChI is InChI=1S/C20H26O6/c1-6-11(2)17(21)25-15-10-19(5)7-8-20(23,26-19)12(3)9-14-16(15)13(4)18(22)24-14/h6,9,14-16,23H,4,7-8,10H2,1-3,5H3/b11-6-,12-9-/t14-,15-,16+,19+,20+/m1/s1. The number of aliphatic hydroxyl groups is 1. The van der Waals surface area contributed by atoms with Crippen molar-refractivity contribution >= 4 is 11.9 Å². The Morgan fingerprint density at radius 3 is 2.81 bits per heavy atom. The molecule has 3 aliphatic rings. The van der Waals surface area contributed by atoms with E-state index >= 15 is 0 Å². The van der Waals surface area contributed by atoms with Crippen molar-refractivity contribution in [2.45, 2.75) is 70.6 Å². The fourth-order valence-electron chi connectivity index (χ4n) is 3.94. The third-order valence-electron chi connectivity index (χ3n) is 5.75. The predicted molar refractivity (Wildman–Crippen MR) is 93.9 cm³/mol. The summed E-state index contributed by atoms with van der Waals surface area (Å²) in [6.45, 7) is 10.9. The van der Waals surface area contributed by atoms with Crippen LogP contribution in [0.5, 0.6) is 0 Å². The summed E-state index contributed by atoms with van der Waals surface area (Å²) in [6.07, 6.45) is 3.48. The quantitative estimate of drug-likeness (QED) is 0.462. The Morgan fingerprint density at radius 2 is 2.15 bits per heavy atom. The zero-order valence-corrected chi connectivity index (χ0v) is 15.7. The van der Waals surface area contributed by atoms with E-state index in [0.29, 0.717) is 30.4 Å². The first-order chi connectivity index (χ1) is 12.1. The molecule has 0 aliphatic carbocycles. The molecule has 2 fully saturated rings. The van der Waals surface area contributed by atoms with Crippen LogP contribution in [0.2, 0.25) is 0 Å². The minimum absolute atomic E-state index is 0.281. The molecule has 0 amide bonds. The molecule has 5 atom stereocenters. The van der Waals surface area contributed by atoms with Crippen molar-refractivity contribution in [2.24, 2.45) is 5.92 Å². The molecule has 0 saturated carbocycles. The Bertz CT molecular complexity index is 720. The largest absolute Gasteiger partial charge is 0.458 e. The summed E-state index contributed by atoms with van der Waals surface area (Å²) in [5.74, 6) is -2.85. The van der Waals surface area contributed by atoms with Gasteiger partial charge in [0.2, 0.25) is 0 Å². The molecule has 0 unspecified atom stereocenters. The summed E-state index contributed by atoms with van der Waals surface area (Å²) < 4.78 is 17.2. The minimum atomic E-state index is -1.40. The number of carbonyl (C=O) groups is 2. The molecule has 6 heteroatoms. The van der Waals surface area contributed by atoms with Gasteiger partial charge >= 0.3 is 11.9 Å². The molecule has 3 rings (SSSR count). The van der Waals surface area contributed by atoms with Gasteiger partial charge in [-0.15, -0.1) is 0 Å². The number of hydrogen-bond acceptors (Lipinski definition) is 6. The molecular weight excluding hydrogens is 336 g/mol. The summed E-state index contributed by atoms with van der Waals surface area (Å²) in [5.41, 5.74) is 0.677. The van der Waals surface area contributed by atoms with Crippen LogP contribution in [0.1, 0.15) is 47.0 Å². The van der Waals surface area contributed by atoms with Crippen LogP contribution in [-0.4, -0.2) is 40.6 Å². The summed E-state index contributed by atoms with van der Waals surface area (Å²) in [5, 5.41) is 10.9. The molecule has 0 aromatic heterocycles. The zero-order chi connectivity index (χ0) is 19.3. The van der Waals surface area contributed by atoms with Crippen LogP contribution in [0.3, 0.4) is 0 Å². The fourth-order valence-corrected chi connectivity index (χ4v) is 3.94. The fraction of sp³-hybridized carbons (Fsp3) is 0.600. The van der Waals surface area contributed by atoms with Crippen LogP contribution in [0.25, 0.3) is 0 Å². The van der Waals surface area contributed by atoms with Gasteiger partial charge in [0.1, 0.15) is 12.2 Å². The maximum absolute atomic E-state index is 12.4. The maximum Gasteiger partial charge on any atom is 0.334 e. The molecule has 0 spiro atoms. The second kappa shape index (κ2) is 6.35. The summed E-state index contributed by atoms with van der Waals surface area (Å²) in [7, 11) is 0. The van der Waals surface area contributed by atoms with Crippen molar-refractivity contribution in [2.75, 3.05) is 0 Å². The lowest BCUT2D eigenvalue weighted by atomic mass is 9.82. The molecule has 2 bridgehead atoms. The van der Waals surface area contributed by atoms with E-state index in [4.69, 9.17) is 14.2 Å². The predicted octanol–water partition coefficient (Wildman–Crippen LogP) is 2.57. The second-order valence-electron chi connectivity index (χ2n) is 7.73. The molecule has 26 heavy (non-hydrogen) atoms.